The molecule has 2 saturated heterocycles. The van der Waals surface area contributed by atoms with Crippen LogP contribution in [0.1, 0.15) is 37.9 Å². The van der Waals surface area contributed by atoms with Gasteiger partial charge in [-0.2, -0.15) is 0 Å². The average Bonchev–Trinajstić information content (AvgIpc) is 2.98. The zero-order chi connectivity index (χ0) is 15.6. The van der Waals surface area contributed by atoms with Crippen molar-refractivity contribution in [3.63, 3.8) is 0 Å². The highest BCUT2D eigenvalue weighted by Gasteiger charge is 2.40. The largest absolute Gasteiger partial charge is 0.373 e. The van der Waals surface area contributed by atoms with Gasteiger partial charge in [-0.25, -0.2) is 0 Å². The van der Waals surface area contributed by atoms with Crippen LogP contribution in [0.4, 0.5) is 0 Å². The minimum atomic E-state index is -0.104. The number of amides is 1. The molecule has 22 heavy (non-hydrogen) atoms. The lowest BCUT2D eigenvalue weighted by Crippen LogP contribution is -2.41. The predicted molar refractivity (Wildman–Crippen MR) is 86.2 cm³/mol. The van der Waals surface area contributed by atoms with Gasteiger partial charge in [0, 0.05) is 19.7 Å². The fourth-order valence-electron chi connectivity index (χ4n) is 3.62. The molecule has 4 nitrogen and oxygen atoms in total. The van der Waals surface area contributed by atoms with Crippen LogP contribution >= 0.6 is 0 Å². The second-order valence-electron chi connectivity index (χ2n) is 6.98. The molecule has 2 fully saturated rings. The molecular weight excluding hydrogens is 276 g/mol. The quantitative estimate of drug-likeness (QED) is 0.932. The van der Waals surface area contributed by atoms with Crippen molar-refractivity contribution >= 4 is 5.91 Å². The molecule has 0 radical (unpaired) electrons. The Morgan fingerprint density at radius 1 is 1.41 bits per heavy atom. The molecule has 0 spiro atoms. The molecule has 4 heteroatoms. The van der Waals surface area contributed by atoms with Crippen LogP contribution in [0.2, 0.25) is 0 Å². The van der Waals surface area contributed by atoms with Gasteiger partial charge in [-0.05, 0) is 36.8 Å². The van der Waals surface area contributed by atoms with Gasteiger partial charge in [-0.3, -0.25) is 4.79 Å². The first-order chi connectivity index (χ1) is 10.6. The Hall–Kier alpha value is -1.39. The molecule has 2 aliphatic heterocycles. The molecule has 1 aromatic rings. The Balaban J connectivity index is 1.75. The third-order valence-corrected chi connectivity index (χ3v) is 5.13. The second kappa shape index (κ2) is 6.39. The number of likely N-dealkylation sites (tertiary alicyclic amines) is 1. The molecule has 3 atom stereocenters. The third kappa shape index (κ3) is 3.03. The zero-order valence-electron chi connectivity index (χ0n) is 13.3. The van der Waals surface area contributed by atoms with Gasteiger partial charge in [0.1, 0.15) is 0 Å². The molecular formula is C18H26N2O2. The predicted octanol–water partition coefficient (Wildman–Crippen LogP) is 2.35. The molecule has 0 bridgehead atoms. The summed E-state index contributed by atoms with van der Waals surface area (Å²) < 4.78 is 5.96. The van der Waals surface area contributed by atoms with Gasteiger partial charge >= 0.3 is 0 Å². The summed E-state index contributed by atoms with van der Waals surface area (Å²) in [4.78, 5) is 15.0. The molecule has 2 heterocycles. The molecule has 3 unspecified atom stereocenters. The highest BCUT2D eigenvalue weighted by molar-refractivity contribution is 5.80. The van der Waals surface area contributed by atoms with Crippen molar-refractivity contribution in [2.24, 2.45) is 17.1 Å². The van der Waals surface area contributed by atoms with E-state index in [1.807, 2.05) is 23.1 Å². The van der Waals surface area contributed by atoms with Crippen LogP contribution in [0.25, 0.3) is 0 Å². The topological polar surface area (TPSA) is 55.6 Å². The summed E-state index contributed by atoms with van der Waals surface area (Å²) in [5, 5.41) is 0. The molecule has 1 aromatic carbocycles. The van der Waals surface area contributed by atoms with Crippen molar-refractivity contribution in [3.8, 4) is 0 Å². The van der Waals surface area contributed by atoms with E-state index in [1.54, 1.807) is 0 Å². The molecule has 2 aliphatic rings. The van der Waals surface area contributed by atoms with Crippen LogP contribution in [0, 0.1) is 11.3 Å². The minimum absolute atomic E-state index is 0.0590. The SMILES string of the molecule is CC1(CN)CCN(C(=O)C2CCCOC2c2ccccc2)C1. The monoisotopic (exact) mass is 302 g/mol. The number of carbonyl (C=O) groups excluding carboxylic acids is 1. The maximum Gasteiger partial charge on any atom is 0.228 e. The van der Waals surface area contributed by atoms with E-state index in [2.05, 4.69) is 19.1 Å². The Kier molecular flexibility index (Phi) is 4.50. The van der Waals surface area contributed by atoms with Crippen molar-refractivity contribution in [1.29, 1.82) is 0 Å². The van der Waals surface area contributed by atoms with E-state index in [0.717, 1.165) is 44.5 Å². The minimum Gasteiger partial charge on any atom is -0.373 e. The Morgan fingerprint density at radius 3 is 2.86 bits per heavy atom. The molecule has 0 saturated carbocycles. The van der Waals surface area contributed by atoms with Gasteiger partial charge < -0.3 is 15.4 Å². The molecule has 2 N–H and O–H groups in total. The van der Waals surface area contributed by atoms with Crippen LogP contribution in [0.15, 0.2) is 30.3 Å². The van der Waals surface area contributed by atoms with Gasteiger partial charge in [-0.1, -0.05) is 37.3 Å². The second-order valence-corrected chi connectivity index (χ2v) is 6.98. The standard InChI is InChI=1S/C18H26N2O2/c1-18(12-19)9-10-20(13-18)17(21)15-8-5-11-22-16(15)14-6-3-2-4-7-14/h2-4,6-7,15-16H,5,8-13,19H2,1H3. The summed E-state index contributed by atoms with van der Waals surface area (Å²) in [6, 6.07) is 10.1. The molecule has 1 amide bonds. The number of nitrogens with zero attached hydrogens (tertiary/aromatic N) is 1. The highest BCUT2D eigenvalue weighted by Crippen LogP contribution is 2.37. The van der Waals surface area contributed by atoms with E-state index in [9.17, 15) is 4.79 Å². The maximum absolute atomic E-state index is 13.0. The smallest absolute Gasteiger partial charge is 0.228 e. The Labute approximate surface area is 132 Å². The maximum atomic E-state index is 13.0. The summed E-state index contributed by atoms with van der Waals surface area (Å²) in [5.41, 5.74) is 7.05. The van der Waals surface area contributed by atoms with Crippen LogP contribution in [-0.4, -0.2) is 37.0 Å². The average molecular weight is 302 g/mol. The first kappa shape index (κ1) is 15.5. The van der Waals surface area contributed by atoms with Crippen LogP contribution in [0.3, 0.4) is 0 Å². The Bertz CT molecular complexity index is 519. The Morgan fingerprint density at radius 2 is 2.18 bits per heavy atom. The summed E-state index contributed by atoms with van der Waals surface area (Å²) >= 11 is 0. The lowest BCUT2D eigenvalue weighted by atomic mass is 9.88. The lowest BCUT2D eigenvalue weighted by molar-refractivity contribution is -0.144. The van der Waals surface area contributed by atoms with Crippen LogP contribution in [0.5, 0.6) is 0 Å². The zero-order valence-corrected chi connectivity index (χ0v) is 13.3. The first-order valence-electron chi connectivity index (χ1n) is 8.28. The van der Waals surface area contributed by atoms with Crippen molar-refractivity contribution in [3.05, 3.63) is 35.9 Å². The van der Waals surface area contributed by atoms with Gasteiger partial charge in [-0.15, -0.1) is 0 Å². The summed E-state index contributed by atoms with van der Waals surface area (Å²) in [7, 11) is 0. The fourth-order valence-corrected chi connectivity index (χ4v) is 3.62. The number of benzene rings is 1. The summed E-state index contributed by atoms with van der Waals surface area (Å²) in [6.45, 7) is 5.15. The van der Waals surface area contributed by atoms with Gasteiger partial charge in [0.05, 0.1) is 12.0 Å². The number of hydrogen-bond donors (Lipinski definition) is 1. The van der Waals surface area contributed by atoms with Crippen molar-refractivity contribution < 1.29 is 9.53 Å². The highest BCUT2D eigenvalue weighted by atomic mass is 16.5. The van der Waals surface area contributed by atoms with Crippen molar-refractivity contribution in [1.82, 2.24) is 4.90 Å². The van der Waals surface area contributed by atoms with E-state index in [1.165, 1.54) is 0 Å². The van der Waals surface area contributed by atoms with E-state index < -0.39 is 0 Å². The van der Waals surface area contributed by atoms with Crippen LogP contribution < -0.4 is 5.73 Å². The summed E-state index contributed by atoms with van der Waals surface area (Å²) in [6.07, 6.45) is 2.77. The number of hydrogen-bond acceptors (Lipinski definition) is 3. The van der Waals surface area contributed by atoms with Crippen LogP contribution in [-0.2, 0) is 9.53 Å². The first-order valence-corrected chi connectivity index (χ1v) is 8.28. The molecule has 0 aliphatic carbocycles. The van der Waals surface area contributed by atoms with E-state index in [4.69, 9.17) is 10.5 Å². The molecule has 120 valence electrons. The van der Waals surface area contributed by atoms with Crippen molar-refractivity contribution in [2.75, 3.05) is 26.2 Å². The number of carbonyl (C=O) groups is 1. The number of ether oxygens (including phenoxy) is 1. The fraction of sp³-hybridized carbons (Fsp3) is 0.611. The number of rotatable bonds is 3. The van der Waals surface area contributed by atoms with Crippen molar-refractivity contribution in [2.45, 2.75) is 32.3 Å². The summed E-state index contributed by atoms with van der Waals surface area (Å²) in [5.74, 6) is 0.182. The van der Waals surface area contributed by atoms with E-state index >= 15 is 0 Å². The van der Waals surface area contributed by atoms with E-state index in [-0.39, 0.29) is 23.3 Å². The molecule has 3 rings (SSSR count). The lowest BCUT2D eigenvalue weighted by Gasteiger charge is -2.34. The molecule has 0 aromatic heterocycles. The van der Waals surface area contributed by atoms with Gasteiger partial charge in [0.15, 0.2) is 0 Å². The van der Waals surface area contributed by atoms with Gasteiger partial charge in [0.25, 0.3) is 0 Å². The number of nitrogens with two attached hydrogens (primary N) is 1. The van der Waals surface area contributed by atoms with Gasteiger partial charge in [0.2, 0.25) is 5.91 Å². The van der Waals surface area contributed by atoms with E-state index in [0.29, 0.717) is 6.54 Å². The third-order valence-electron chi connectivity index (χ3n) is 5.13. The normalized spacial score (nSPS) is 32.2.